The van der Waals surface area contributed by atoms with Crippen LogP contribution in [0.1, 0.15) is 56.9 Å². The van der Waals surface area contributed by atoms with Crippen molar-refractivity contribution in [1.29, 1.82) is 0 Å². The summed E-state index contributed by atoms with van der Waals surface area (Å²) >= 11 is 0. The molecule has 3 rings (SSSR count). The van der Waals surface area contributed by atoms with Crippen molar-refractivity contribution in [3.05, 3.63) is 17.5 Å². The van der Waals surface area contributed by atoms with Crippen LogP contribution in [0, 0.1) is 11.3 Å². The minimum absolute atomic E-state index is 0.141. The molecular weight excluding hydrogens is 318 g/mol. The van der Waals surface area contributed by atoms with E-state index in [-0.39, 0.29) is 5.91 Å². The summed E-state index contributed by atoms with van der Waals surface area (Å²) < 4.78 is 11.0. The molecule has 0 spiro atoms. The molecule has 0 unspecified atom stereocenters. The first kappa shape index (κ1) is 18.4. The van der Waals surface area contributed by atoms with E-state index in [1.54, 1.807) is 0 Å². The van der Waals surface area contributed by atoms with Crippen LogP contribution >= 0.6 is 0 Å². The number of aromatic nitrogens is 1. The number of carbonyl (C=O) groups excluding carboxylic acids is 1. The zero-order valence-electron chi connectivity index (χ0n) is 15.5. The molecule has 2 atom stereocenters. The Balaban J connectivity index is 1.66. The third-order valence-electron chi connectivity index (χ3n) is 5.40. The van der Waals surface area contributed by atoms with E-state index in [1.165, 1.54) is 0 Å². The number of rotatable bonds is 7. The van der Waals surface area contributed by atoms with Gasteiger partial charge in [0.15, 0.2) is 0 Å². The summed E-state index contributed by atoms with van der Waals surface area (Å²) in [6.07, 6.45) is 4.50. The largest absolute Gasteiger partial charge is 0.381 e. The third-order valence-corrected chi connectivity index (χ3v) is 5.40. The highest BCUT2D eigenvalue weighted by molar-refractivity contribution is 5.83. The van der Waals surface area contributed by atoms with Crippen LogP contribution < -0.4 is 10.6 Å². The molecule has 1 amide bonds. The van der Waals surface area contributed by atoms with Gasteiger partial charge in [-0.05, 0) is 38.1 Å². The lowest BCUT2D eigenvalue weighted by Gasteiger charge is -2.35. The average Bonchev–Trinajstić information content (AvgIpc) is 3.26. The molecule has 0 saturated carbocycles. The SMILES string of the molecule is CC(C)CCNC(=O)[C@@]1(Cc2cc([C@@H]3CCOC3)no2)CCCNC1. The van der Waals surface area contributed by atoms with Gasteiger partial charge in [0.1, 0.15) is 5.76 Å². The van der Waals surface area contributed by atoms with Gasteiger partial charge in [-0.3, -0.25) is 4.79 Å². The van der Waals surface area contributed by atoms with E-state index in [0.29, 0.717) is 31.4 Å². The lowest BCUT2D eigenvalue weighted by Crippen LogP contribution is -2.52. The van der Waals surface area contributed by atoms with Gasteiger partial charge in [-0.2, -0.15) is 0 Å². The predicted octanol–water partition coefficient (Wildman–Crippen LogP) is 2.25. The molecule has 0 bridgehead atoms. The Morgan fingerprint density at radius 3 is 3.08 bits per heavy atom. The van der Waals surface area contributed by atoms with Crippen LogP contribution in [-0.2, 0) is 16.0 Å². The summed E-state index contributed by atoms with van der Waals surface area (Å²) in [4.78, 5) is 12.9. The van der Waals surface area contributed by atoms with Crippen LogP contribution in [0.2, 0.25) is 0 Å². The molecule has 6 nitrogen and oxygen atoms in total. The number of hydrogen-bond donors (Lipinski definition) is 2. The van der Waals surface area contributed by atoms with Crippen molar-refractivity contribution in [2.75, 3.05) is 32.8 Å². The zero-order chi connectivity index (χ0) is 17.7. The lowest BCUT2D eigenvalue weighted by molar-refractivity contribution is -0.132. The number of piperidine rings is 1. The van der Waals surface area contributed by atoms with E-state index in [2.05, 4.69) is 29.6 Å². The van der Waals surface area contributed by atoms with E-state index < -0.39 is 5.41 Å². The van der Waals surface area contributed by atoms with E-state index in [4.69, 9.17) is 9.26 Å². The highest BCUT2D eigenvalue weighted by Gasteiger charge is 2.41. The van der Waals surface area contributed by atoms with Gasteiger partial charge in [0.25, 0.3) is 0 Å². The minimum atomic E-state index is -0.432. The van der Waals surface area contributed by atoms with Crippen LogP contribution in [-0.4, -0.2) is 43.9 Å². The Hall–Kier alpha value is -1.40. The molecule has 2 aliphatic rings. The number of ether oxygens (including phenoxy) is 1. The van der Waals surface area contributed by atoms with Gasteiger partial charge in [0.05, 0.1) is 17.7 Å². The number of nitrogens with one attached hydrogen (secondary N) is 2. The second-order valence-corrected chi connectivity index (χ2v) is 7.95. The topological polar surface area (TPSA) is 76.4 Å². The Kier molecular flexibility index (Phi) is 6.12. The van der Waals surface area contributed by atoms with Gasteiger partial charge >= 0.3 is 0 Å². The van der Waals surface area contributed by atoms with Gasteiger partial charge in [-0.1, -0.05) is 19.0 Å². The molecule has 1 aromatic heterocycles. The third kappa shape index (κ3) is 4.61. The first-order valence-corrected chi connectivity index (χ1v) is 9.61. The van der Waals surface area contributed by atoms with Crippen molar-refractivity contribution in [2.45, 2.75) is 51.9 Å². The number of amides is 1. The molecule has 0 aromatic carbocycles. The molecule has 140 valence electrons. The normalized spacial score (nSPS) is 26.9. The fourth-order valence-corrected chi connectivity index (χ4v) is 3.76. The molecular formula is C19H31N3O3. The highest BCUT2D eigenvalue weighted by atomic mass is 16.5. The van der Waals surface area contributed by atoms with Gasteiger partial charge in [-0.15, -0.1) is 0 Å². The first-order valence-electron chi connectivity index (χ1n) is 9.61. The summed E-state index contributed by atoms with van der Waals surface area (Å²) in [7, 11) is 0. The minimum Gasteiger partial charge on any atom is -0.381 e. The van der Waals surface area contributed by atoms with Gasteiger partial charge in [0.2, 0.25) is 5.91 Å². The maximum Gasteiger partial charge on any atom is 0.227 e. The predicted molar refractivity (Wildman–Crippen MR) is 95.4 cm³/mol. The van der Waals surface area contributed by atoms with E-state index in [9.17, 15) is 4.79 Å². The van der Waals surface area contributed by atoms with E-state index in [0.717, 1.165) is 56.8 Å². The molecule has 2 N–H and O–H groups in total. The number of hydrogen-bond acceptors (Lipinski definition) is 5. The summed E-state index contributed by atoms with van der Waals surface area (Å²) in [5.41, 5.74) is 0.532. The smallest absolute Gasteiger partial charge is 0.227 e. The van der Waals surface area contributed by atoms with Crippen molar-refractivity contribution in [3.8, 4) is 0 Å². The second kappa shape index (κ2) is 8.32. The summed E-state index contributed by atoms with van der Waals surface area (Å²) in [5.74, 6) is 1.87. The number of nitrogens with zero attached hydrogens (tertiary/aromatic N) is 1. The fourth-order valence-electron chi connectivity index (χ4n) is 3.76. The van der Waals surface area contributed by atoms with Gasteiger partial charge < -0.3 is 19.9 Å². The standard InChI is InChI=1S/C19H31N3O3/c1-14(2)4-8-21-18(23)19(6-3-7-20-13-19)11-16-10-17(22-25-16)15-5-9-24-12-15/h10,14-15,20H,3-9,11-13H2,1-2H3,(H,21,23)/t15-,19-/m1/s1. The van der Waals surface area contributed by atoms with Crippen molar-refractivity contribution in [3.63, 3.8) is 0 Å². The zero-order valence-corrected chi connectivity index (χ0v) is 15.5. The Bertz CT molecular complexity index is 558. The quantitative estimate of drug-likeness (QED) is 0.790. The van der Waals surface area contributed by atoms with Crippen LogP contribution in [0.3, 0.4) is 0 Å². The maximum absolute atomic E-state index is 12.9. The van der Waals surface area contributed by atoms with Crippen LogP contribution in [0.4, 0.5) is 0 Å². The number of carbonyl (C=O) groups is 1. The summed E-state index contributed by atoms with van der Waals surface area (Å²) in [6, 6.07) is 2.02. The molecule has 2 saturated heterocycles. The molecule has 2 fully saturated rings. The summed E-state index contributed by atoms with van der Waals surface area (Å²) in [5, 5.41) is 10.8. The Labute approximate surface area is 150 Å². The average molecular weight is 349 g/mol. The van der Waals surface area contributed by atoms with E-state index >= 15 is 0 Å². The Morgan fingerprint density at radius 2 is 2.40 bits per heavy atom. The first-order chi connectivity index (χ1) is 12.1. The van der Waals surface area contributed by atoms with Crippen molar-refractivity contribution < 1.29 is 14.1 Å². The van der Waals surface area contributed by atoms with Crippen molar-refractivity contribution in [1.82, 2.24) is 15.8 Å². The van der Waals surface area contributed by atoms with E-state index in [1.807, 2.05) is 6.07 Å². The van der Waals surface area contributed by atoms with Crippen LogP contribution in [0.25, 0.3) is 0 Å². The molecule has 2 aliphatic heterocycles. The molecule has 0 aliphatic carbocycles. The molecule has 1 aromatic rings. The lowest BCUT2D eigenvalue weighted by atomic mass is 9.76. The maximum atomic E-state index is 12.9. The second-order valence-electron chi connectivity index (χ2n) is 7.95. The Morgan fingerprint density at radius 1 is 1.52 bits per heavy atom. The van der Waals surface area contributed by atoms with Crippen LogP contribution in [0.5, 0.6) is 0 Å². The monoisotopic (exact) mass is 349 g/mol. The highest BCUT2D eigenvalue weighted by Crippen LogP contribution is 2.33. The van der Waals surface area contributed by atoms with Crippen molar-refractivity contribution >= 4 is 5.91 Å². The fraction of sp³-hybridized carbons (Fsp3) is 0.789. The molecule has 0 radical (unpaired) electrons. The van der Waals surface area contributed by atoms with Gasteiger partial charge in [-0.25, -0.2) is 0 Å². The van der Waals surface area contributed by atoms with Crippen molar-refractivity contribution in [2.24, 2.45) is 11.3 Å². The molecule has 3 heterocycles. The molecule has 25 heavy (non-hydrogen) atoms. The molecule has 6 heteroatoms. The summed E-state index contributed by atoms with van der Waals surface area (Å²) in [6.45, 7) is 8.26. The van der Waals surface area contributed by atoms with Crippen LogP contribution in [0.15, 0.2) is 10.6 Å². The van der Waals surface area contributed by atoms with Gasteiger partial charge in [0, 0.05) is 38.1 Å².